The molecule has 3 heterocycles. The monoisotopic (exact) mass is 447 g/mol. The van der Waals surface area contributed by atoms with Gasteiger partial charge in [0.2, 0.25) is 5.91 Å². The lowest BCUT2D eigenvalue weighted by molar-refractivity contribution is -0.137. The van der Waals surface area contributed by atoms with Crippen molar-refractivity contribution >= 4 is 22.6 Å². The molecule has 2 fully saturated rings. The Balaban J connectivity index is 1.12. The Labute approximate surface area is 195 Å². The summed E-state index contributed by atoms with van der Waals surface area (Å²) in [7, 11) is 3.78. The van der Waals surface area contributed by atoms with Gasteiger partial charge < -0.3 is 19.1 Å². The third-order valence-electron chi connectivity index (χ3n) is 7.19. The summed E-state index contributed by atoms with van der Waals surface area (Å²) in [5.74, 6) is 2.44. The Morgan fingerprint density at radius 1 is 1.00 bits per heavy atom. The molecule has 0 unspecified atom stereocenters. The van der Waals surface area contributed by atoms with Gasteiger partial charge in [0, 0.05) is 50.9 Å². The van der Waals surface area contributed by atoms with E-state index in [1.165, 1.54) is 5.52 Å². The van der Waals surface area contributed by atoms with Gasteiger partial charge in [-0.2, -0.15) is 0 Å². The molecule has 2 aliphatic rings. The topological polar surface area (TPSA) is 53.8 Å². The Morgan fingerprint density at radius 3 is 2.48 bits per heavy atom. The molecular formula is C26H33N5O2. The minimum absolute atomic E-state index is 0.144. The number of likely N-dealkylation sites (tertiary alicyclic amines) is 1. The number of rotatable bonds is 5. The van der Waals surface area contributed by atoms with Gasteiger partial charge >= 0.3 is 0 Å². The highest BCUT2D eigenvalue weighted by molar-refractivity contribution is 5.79. The molecule has 1 aromatic heterocycles. The van der Waals surface area contributed by atoms with Gasteiger partial charge in [0.1, 0.15) is 11.6 Å². The van der Waals surface area contributed by atoms with Crippen LogP contribution in [0.5, 0.6) is 5.75 Å². The average Bonchev–Trinajstić information content (AvgIpc) is 3.19. The van der Waals surface area contributed by atoms with Crippen molar-refractivity contribution in [3.63, 3.8) is 0 Å². The Kier molecular flexibility index (Phi) is 6.22. The highest BCUT2D eigenvalue weighted by Crippen LogP contribution is 2.25. The number of aromatic nitrogens is 2. The summed E-state index contributed by atoms with van der Waals surface area (Å²) >= 11 is 0. The number of benzene rings is 2. The fourth-order valence-electron chi connectivity index (χ4n) is 5.13. The number of methoxy groups -OCH3 is 1. The third kappa shape index (κ3) is 4.55. The van der Waals surface area contributed by atoms with Crippen molar-refractivity contribution in [1.29, 1.82) is 0 Å². The van der Waals surface area contributed by atoms with E-state index in [-0.39, 0.29) is 5.92 Å². The number of piperazine rings is 1. The number of carbonyl (C=O) groups is 1. The van der Waals surface area contributed by atoms with Crippen molar-refractivity contribution in [2.24, 2.45) is 13.0 Å². The molecule has 2 aliphatic heterocycles. The molecule has 33 heavy (non-hydrogen) atoms. The summed E-state index contributed by atoms with van der Waals surface area (Å²) in [6.07, 6.45) is 1.86. The van der Waals surface area contributed by atoms with E-state index in [4.69, 9.17) is 9.72 Å². The second-order valence-electron chi connectivity index (χ2n) is 9.14. The molecule has 2 aromatic carbocycles. The first kappa shape index (κ1) is 21.8. The first-order valence-corrected chi connectivity index (χ1v) is 11.9. The number of carbonyl (C=O) groups excluding carboxylic acids is 1. The van der Waals surface area contributed by atoms with E-state index in [1.54, 1.807) is 7.11 Å². The molecule has 0 aliphatic carbocycles. The zero-order valence-electron chi connectivity index (χ0n) is 19.6. The number of fused-ring (bicyclic) bond motifs is 1. The van der Waals surface area contributed by atoms with E-state index in [0.717, 1.165) is 81.4 Å². The van der Waals surface area contributed by atoms with Crippen LogP contribution in [0.4, 0.5) is 5.69 Å². The SMILES string of the molecule is COc1cccc(N2CCN(C(=O)C3CCN(Cc4nc5ccccc5n4C)CC3)CC2)c1. The molecule has 0 spiro atoms. The predicted octanol–water partition coefficient (Wildman–Crippen LogP) is 3.14. The predicted molar refractivity (Wildman–Crippen MR) is 131 cm³/mol. The van der Waals surface area contributed by atoms with E-state index in [2.05, 4.69) is 56.6 Å². The summed E-state index contributed by atoms with van der Waals surface area (Å²) in [6, 6.07) is 16.4. The maximum absolute atomic E-state index is 13.2. The van der Waals surface area contributed by atoms with E-state index in [0.29, 0.717) is 5.91 Å². The largest absolute Gasteiger partial charge is 0.497 e. The molecule has 3 aromatic rings. The minimum Gasteiger partial charge on any atom is -0.497 e. The van der Waals surface area contributed by atoms with Crippen LogP contribution in [0.25, 0.3) is 11.0 Å². The van der Waals surface area contributed by atoms with Crippen LogP contribution in [0, 0.1) is 5.92 Å². The molecule has 2 saturated heterocycles. The highest BCUT2D eigenvalue weighted by Gasteiger charge is 2.31. The lowest BCUT2D eigenvalue weighted by Crippen LogP contribution is -2.51. The number of para-hydroxylation sites is 2. The van der Waals surface area contributed by atoms with Crippen LogP contribution in [-0.2, 0) is 18.4 Å². The van der Waals surface area contributed by atoms with Gasteiger partial charge in [0.25, 0.3) is 0 Å². The minimum atomic E-state index is 0.144. The van der Waals surface area contributed by atoms with Gasteiger partial charge in [-0.05, 0) is 50.2 Å². The third-order valence-corrected chi connectivity index (χ3v) is 7.19. The maximum atomic E-state index is 13.2. The molecule has 0 saturated carbocycles. The van der Waals surface area contributed by atoms with Gasteiger partial charge in [0.15, 0.2) is 0 Å². The van der Waals surface area contributed by atoms with Gasteiger partial charge in [-0.25, -0.2) is 4.98 Å². The van der Waals surface area contributed by atoms with Crippen molar-refractivity contribution in [2.45, 2.75) is 19.4 Å². The number of ether oxygens (including phenoxy) is 1. The number of anilines is 1. The number of amides is 1. The van der Waals surface area contributed by atoms with Crippen LogP contribution in [0.15, 0.2) is 48.5 Å². The molecule has 7 nitrogen and oxygen atoms in total. The van der Waals surface area contributed by atoms with Crippen molar-refractivity contribution in [3.8, 4) is 5.75 Å². The lowest BCUT2D eigenvalue weighted by atomic mass is 9.95. The summed E-state index contributed by atoms with van der Waals surface area (Å²) in [5, 5.41) is 0. The quantitative estimate of drug-likeness (QED) is 0.602. The molecular weight excluding hydrogens is 414 g/mol. The van der Waals surface area contributed by atoms with Gasteiger partial charge in [-0.1, -0.05) is 18.2 Å². The number of aryl methyl sites for hydroxylation is 1. The highest BCUT2D eigenvalue weighted by atomic mass is 16.5. The van der Waals surface area contributed by atoms with Crippen LogP contribution in [0.1, 0.15) is 18.7 Å². The molecule has 7 heteroatoms. The lowest BCUT2D eigenvalue weighted by Gasteiger charge is -2.39. The van der Waals surface area contributed by atoms with Gasteiger partial charge in [0.05, 0.1) is 24.7 Å². The summed E-state index contributed by atoms with van der Waals surface area (Å²) in [6.45, 7) is 6.04. The first-order chi connectivity index (χ1) is 16.1. The zero-order valence-corrected chi connectivity index (χ0v) is 19.6. The van der Waals surface area contributed by atoms with Crippen molar-refractivity contribution in [1.82, 2.24) is 19.4 Å². The fraction of sp³-hybridized carbons (Fsp3) is 0.462. The van der Waals surface area contributed by atoms with E-state index < -0.39 is 0 Å². The Bertz CT molecular complexity index is 1110. The smallest absolute Gasteiger partial charge is 0.225 e. The van der Waals surface area contributed by atoms with E-state index >= 15 is 0 Å². The summed E-state index contributed by atoms with van der Waals surface area (Å²) in [4.78, 5) is 24.8. The van der Waals surface area contributed by atoms with Gasteiger partial charge in [-0.3, -0.25) is 9.69 Å². The molecule has 174 valence electrons. The van der Waals surface area contributed by atoms with E-state index in [9.17, 15) is 4.79 Å². The molecule has 0 bridgehead atoms. The normalized spacial score (nSPS) is 18.1. The van der Waals surface area contributed by atoms with Crippen LogP contribution in [-0.4, -0.2) is 71.6 Å². The Morgan fingerprint density at radius 2 is 1.76 bits per heavy atom. The van der Waals surface area contributed by atoms with Crippen molar-refractivity contribution in [3.05, 3.63) is 54.4 Å². The second-order valence-corrected chi connectivity index (χ2v) is 9.14. The molecule has 0 N–H and O–H groups in total. The summed E-state index contributed by atoms with van der Waals surface area (Å²) < 4.78 is 7.54. The molecule has 1 amide bonds. The second kappa shape index (κ2) is 9.43. The van der Waals surface area contributed by atoms with Crippen LogP contribution >= 0.6 is 0 Å². The van der Waals surface area contributed by atoms with E-state index in [1.807, 2.05) is 18.2 Å². The maximum Gasteiger partial charge on any atom is 0.225 e. The average molecular weight is 448 g/mol. The van der Waals surface area contributed by atoms with Crippen molar-refractivity contribution < 1.29 is 9.53 Å². The Hall–Kier alpha value is -3.06. The number of nitrogens with zero attached hydrogens (tertiary/aromatic N) is 5. The molecule has 0 atom stereocenters. The van der Waals surface area contributed by atoms with Crippen LogP contribution in [0.2, 0.25) is 0 Å². The fourth-order valence-corrected chi connectivity index (χ4v) is 5.13. The number of hydrogen-bond acceptors (Lipinski definition) is 5. The molecule has 5 rings (SSSR count). The summed E-state index contributed by atoms with van der Waals surface area (Å²) in [5.41, 5.74) is 3.38. The first-order valence-electron chi connectivity index (χ1n) is 11.9. The number of imidazole rings is 1. The number of piperidine rings is 1. The van der Waals surface area contributed by atoms with Crippen LogP contribution in [0.3, 0.4) is 0 Å². The standard InChI is InChI=1S/C26H33N5O2/c1-28-24-9-4-3-8-23(24)27-25(28)19-29-12-10-20(11-13-29)26(32)31-16-14-30(15-17-31)21-6-5-7-22(18-21)33-2/h3-9,18,20H,10-17,19H2,1-2H3. The van der Waals surface area contributed by atoms with Crippen molar-refractivity contribution in [2.75, 3.05) is 51.3 Å². The zero-order chi connectivity index (χ0) is 22.8. The molecule has 0 radical (unpaired) electrons. The number of hydrogen-bond donors (Lipinski definition) is 0. The van der Waals surface area contributed by atoms with Crippen LogP contribution < -0.4 is 9.64 Å². The van der Waals surface area contributed by atoms with Gasteiger partial charge in [-0.15, -0.1) is 0 Å².